The van der Waals surface area contributed by atoms with Gasteiger partial charge in [-0.25, -0.2) is 9.97 Å². The van der Waals surface area contributed by atoms with Crippen molar-refractivity contribution in [2.75, 3.05) is 17.6 Å². The molecule has 0 saturated carbocycles. The van der Waals surface area contributed by atoms with Crippen LogP contribution in [0, 0.1) is 11.8 Å². The molecule has 0 fully saturated rings. The Bertz CT molecular complexity index is 285. The van der Waals surface area contributed by atoms with Crippen LogP contribution < -0.4 is 11.1 Å². The summed E-state index contributed by atoms with van der Waals surface area (Å²) in [5, 5.41) is 3.24. The summed E-state index contributed by atoms with van der Waals surface area (Å²) in [6.07, 6.45) is 1.47. The molecule has 0 aliphatic heterocycles. The van der Waals surface area contributed by atoms with E-state index in [0.717, 1.165) is 12.4 Å². The zero-order valence-corrected chi connectivity index (χ0v) is 8.99. The summed E-state index contributed by atoms with van der Waals surface area (Å²) in [7, 11) is 0. The van der Waals surface area contributed by atoms with Crippen molar-refractivity contribution in [2.45, 2.75) is 20.8 Å². The zero-order valence-electron chi connectivity index (χ0n) is 8.99. The predicted molar refractivity (Wildman–Crippen MR) is 58.9 cm³/mol. The van der Waals surface area contributed by atoms with E-state index in [1.165, 1.54) is 6.33 Å². The first-order valence-corrected chi connectivity index (χ1v) is 4.91. The van der Waals surface area contributed by atoms with Crippen molar-refractivity contribution in [2.24, 2.45) is 11.8 Å². The van der Waals surface area contributed by atoms with E-state index in [1.54, 1.807) is 6.07 Å². The topological polar surface area (TPSA) is 63.8 Å². The number of hydrogen-bond donors (Lipinski definition) is 2. The highest BCUT2D eigenvalue weighted by Crippen LogP contribution is 2.11. The first kappa shape index (κ1) is 10.8. The molecule has 78 valence electrons. The molecule has 0 radical (unpaired) electrons. The second-order valence-electron chi connectivity index (χ2n) is 3.93. The van der Waals surface area contributed by atoms with Crippen LogP contribution in [0.15, 0.2) is 12.4 Å². The summed E-state index contributed by atoms with van der Waals surface area (Å²) >= 11 is 0. The van der Waals surface area contributed by atoms with Gasteiger partial charge in [0.05, 0.1) is 0 Å². The van der Waals surface area contributed by atoms with E-state index in [9.17, 15) is 0 Å². The van der Waals surface area contributed by atoms with Gasteiger partial charge in [-0.15, -0.1) is 0 Å². The third-order valence-electron chi connectivity index (χ3n) is 2.43. The summed E-state index contributed by atoms with van der Waals surface area (Å²) < 4.78 is 0. The van der Waals surface area contributed by atoms with Crippen molar-refractivity contribution in [1.29, 1.82) is 0 Å². The minimum absolute atomic E-state index is 0.500. The first-order valence-electron chi connectivity index (χ1n) is 4.91. The number of aromatic nitrogens is 2. The molecule has 1 aromatic heterocycles. The van der Waals surface area contributed by atoms with Crippen molar-refractivity contribution >= 4 is 11.6 Å². The van der Waals surface area contributed by atoms with Gasteiger partial charge < -0.3 is 11.1 Å². The second kappa shape index (κ2) is 4.79. The standard InChI is InChI=1S/C10H18N4/c1-7(2)8(3)5-12-10-4-9(11)13-6-14-10/h4,6-8H,5H2,1-3H3,(H3,11,12,13,14). The Morgan fingerprint density at radius 2 is 2.07 bits per heavy atom. The monoisotopic (exact) mass is 194 g/mol. The number of hydrogen-bond acceptors (Lipinski definition) is 4. The van der Waals surface area contributed by atoms with Crippen LogP contribution in [0.25, 0.3) is 0 Å². The lowest BCUT2D eigenvalue weighted by Crippen LogP contribution is -2.16. The first-order chi connectivity index (χ1) is 6.59. The maximum Gasteiger partial charge on any atom is 0.131 e. The van der Waals surface area contributed by atoms with Crippen LogP contribution in [0.2, 0.25) is 0 Å². The van der Waals surface area contributed by atoms with Crippen molar-refractivity contribution in [3.8, 4) is 0 Å². The zero-order chi connectivity index (χ0) is 10.6. The molecule has 4 nitrogen and oxygen atoms in total. The van der Waals surface area contributed by atoms with Gasteiger partial charge in [0.1, 0.15) is 18.0 Å². The lowest BCUT2D eigenvalue weighted by Gasteiger charge is -2.16. The lowest BCUT2D eigenvalue weighted by atomic mass is 9.98. The highest BCUT2D eigenvalue weighted by Gasteiger charge is 2.06. The highest BCUT2D eigenvalue weighted by atomic mass is 15.0. The molecule has 1 rings (SSSR count). The van der Waals surface area contributed by atoms with Gasteiger partial charge in [0, 0.05) is 12.6 Å². The molecule has 0 aliphatic rings. The molecule has 0 spiro atoms. The Morgan fingerprint density at radius 1 is 1.36 bits per heavy atom. The van der Waals surface area contributed by atoms with Gasteiger partial charge in [-0.2, -0.15) is 0 Å². The Labute approximate surface area is 85.0 Å². The van der Waals surface area contributed by atoms with E-state index in [2.05, 4.69) is 36.1 Å². The van der Waals surface area contributed by atoms with Crippen LogP contribution in [0.4, 0.5) is 11.6 Å². The molecular weight excluding hydrogens is 176 g/mol. The third kappa shape index (κ3) is 3.20. The Balaban J connectivity index is 2.45. The quantitative estimate of drug-likeness (QED) is 0.766. The summed E-state index contributed by atoms with van der Waals surface area (Å²) in [6.45, 7) is 7.54. The molecule has 3 N–H and O–H groups in total. The van der Waals surface area contributed by atoms with E-state index in [-0.39, 0.29) is 0 Å². The SMILES string of the molecule is CC(C)C(C)CNc1cc(N)ncn1. The molecule has 0 amide bonds. The summed E-state index contributed by atoms with van der Waals surface area (Å²) in [4.78, 5) is 7.90. The van der Waals surface area contributed by atoms with Gasteiger partial charge in [-0.05, 0) is 11.8 Å². The van der Waals surface area contributed by atoms with E-state index in [1.807, 2.05) is 0 Å². The maximum atomic E-state index is 5.53. The summed E-state index contributed by atoms with van der Waals surface area (Å²) in [5.74, 6) is 2.58. The van der Waals surface area contributed by atoms with Crippen LogP contribution in [0.5, 0.6) is 0 Å². The van der Waals surface area contributed by atoms with Gasteiger partial charge in [-0.1, -0.05) is 20.8 Å². The molecule has 1 atom stereocenters. The molecule has 4 heteroatoms. The van der Waals surface area contributed by atoms with Gasteiger partial charge in [-0.3, -0.25) is 0 Å². The van der Waals surface area contributed by atoms with Crippen LogP contribution in [0.3, 0.4) is 0 Å². The van der Waals surface area contributed by atoms with E-state index < -0.39 is 0 Å². The Kier molecular flexibility index (Phi) is 3.68. The molecular formula is C10H18N4. The molecule has 0 aliphatic carbocycles. The third-order valence-corrected chi connectivity index (χ3v) is 2.43. The van der Waals surface area contributed by atoms with Crippen molar-refractivity contribution in [1.82, 2.24) is 9.97 Å². The fourth-order valence-corrected chi connectivity index (χ4v) is 0.970. The van der Waals surface area contributed by atoms with Crippen LogP contribution in [-0.4, -0.2) is 16.5 Å². The normalized spacial score (nSPS) is 12.9. The van der Waals surface area contributed by atoms with Crippen LogP contribution in [0.1, 0.15) is 20.8 Å². The molecule has 1 unspecified atom stereocenters. The number of nitrogens with two attached hydrogens (primary N) is 1. The van der Waals surface area contributed by atoms with Gasteiger partial charge in [0.25, 0.3) is 0 Å². The fourth-order valence-electron chi connectivity index (χ4n) is 0.970. The molecule has 0 saturated heterocycles. The predicted octanol–water partition coefficient (Wildman–Crippen LogP) is 1.76. The van der Waals surface area contributed by atoms with E-state index in [0.29, 0.717) is 17.7 Å². The van der Waals surface area contributed by atoms with E-state index >= 15 is 0 Å². The number of nitrogens with one attached hydrogen (secondary N) is 1. The highest BCUT2D eigenvalue weighted by molar-refractivity contribution is 5.43. The van der Waals surface area contributed by atoms with E-state index in [4.69, 9.17) is 5.73 Å². The maximum absolute atomic E-state index is 5.53. The smallest absolute Gasteiger partial charge is 0.131 e. The number of anilines is 2. The second-order valence-corrected chi connectivity index (χ2v) is 3.93. The minimum atomic E-state index is 0.500. The summed E-state index contributed by atoms with van der Waals surface area (Å²) in [6, 6.07) is 1.74. The van der Waals surface area contributed by atoms with Crippen molar-refractivity contribution in [3.05, 3.63) is 12.4 Å². The number of nitrogens with zero attached hydrogens (tertiary/aromatic N) is 2. The Morgan fingerprint density at radius 3 is 2.64 bits per heavy atom. The average molecular weight is 194 g/mol. The lowest BCUT2D eigenvalue weighted by molar-refractivity contribution is 0.439. The van der Waals surface area contributed by atoms with Crippen molar-refractivity contribution in [3.63, 3.8) is 0 Å². The van der Waals surface area contributed by atoms with Gasteiger partial charge in [0.2, 0.25) is 0 Å². The number of rotatable bonds is 4. The van der Waals surface area contributed by atoms with Crippen molar-refractivity contribution < 1.29 is 0 Å². The minimum Gasteiger partial charge on any atom is -0.384 e. The molecule has 1 heterocycles. The van der Waals surface area contributed by atoms with Gasteiger partial charge in [0.15, 0.2) is 0 Å². The van der Waals surface area contributed by atoms with Gasteiger partial charge >= 0.3 is 0 Å². The largest absolute Gasteiger partial charge is 0.384 e. The van der Waals surface area contributed by atoms with Crippen LogP contribution in [-0.2, 0) is 0 Å². The summed E-state index contributed by atoms with van der Waals surface area (Å²) in [5.41, 5.74) is 5.53. The molecule has 0 bridgehead atoms. The van der Waals surface area contributed by atoms with Crippen LogP contribution >= 0.6 is 0 Å². The number of nitrogen functional groups attached to an aromatic ring is 1. The molecule has 1 aromatic rings. The fraction of sp³-hybridized carbons (Fsp3) is 0.600. The average Bonchev–Trinajstić information content (AvgIpc) is 2.14. The molecule has 14 heavy (non-hydrogen) atoms. The molecule has 0 aromatic carbocycles. The Hall–Kier alpha value is -1.32.